The zero-order valence-corrected chi connectivity index (χ0v) is 32.1. The molecular weight excluding hydrogens is 748 g/mol. The van der Waals surface area contributed by atoms with Crippen LogP contribution in [0.15, 0.2) is 45.3 Å². The first kappa shape index (κ1) is 32.8. The molecule has 0 atom stereocenters. The standard InChI is InChI=1S/C36H40Br2N2S4/c1-3-5-7-9-11-13-15-23-19-27-29(41-23)21-31(43-27)35-36(40-34-26(38)18-17-25(37)33(34)39-35)32-22-30-28(44-32)20-24(42-30)16-14-12-10-8-6-4-2/h17-22H,3-16H2,1-2H3. The average molecular weight is 789 g/mol. The molecule has 0 radical (unpaired) electrons. The predicted molar refractivity (Wildman–Crippen MR) is 206 cm³/mol. The summed E-state index contributed by atoms with van der Waals surface area (Å²) < 4.78 is 7.44. The van der Waals surface area contributed by atoms with E-state index in [-0.39, 0.29) is 0 Å². The summed E-state index contributed by atoms with van der Waals surface area (Å²) in [5.74, 6) is 0. The number of fused-ring (bicyclic) bond motifs is 3. The van der Waals surface area contributed by atoms with Gasteiger partial charge >= 0.3 is 0 Å². The molecule has 0 unspecified atom stereocenters. The summed E-state index contributed by atoms with van der Waals surface area (Å²) in [6, 6.07) is 13.7. The molecule has 6 rings (SSSR count). The van der Waals surface area contributed by atoms with Crippen LogP contribution in [-0.4, -0.2) is 9.97 Å². The summed E-state index contributed by atoms with van der Waals surface area (Å²) in [6.07, 6.45) is 18.5. The molecule has 8 heteroatoms. The van der Waals surface area contributed by atoms with Crippen molar-refractivity contribution in [2.45, 2.75) is 104 Å². The second-order valence-corrected chi connectivity index (χ2v) is 18.0. The monoisotopic (exact) mass is 786 g/mol. The second-order valence-electron chi connectivity index (χ2n) is 11.8. The molecule has 0 aliphatic carbocycles. The third kappa shape index (κ3) is 7.69. The molecule has 232 valence electrons. The molecule has 5 aromatic heterocycles. The van der Waals surface area contributed by atoms with E-state index >= 15 is 0 Å². The molecule has 0 saturated carbocycles. The molecule has 0 bridgehead atoms. The molecule has 6 aromatic rings. The lowest BCUT2D eigenvalue weighted by molar-refractivity contribution is 0.609. The lowest BCUT2D eigenvalue weighted by Crippen LogP contribution is -1.94. The summed E-state index contributed by atoms with van der Waals surface area (Å²) in [6.45, 7) is 4.57. The van der Waals surface area contributed by atoms with E-state index in [1.54, 1.807) is 0 Å². The van der Waals surface area contributed by atoms with Crippen LogP contribution in [0.4, 0.5) is 0 Å². The fourth-order valence-electron chi connectivity index (χ4n) is 5.83. The van der Waals surface area contributed by atoms with Crippen LogP contribution in [0.5, 0.6) is 0 Å². The van der Waals surface area contributed by atoms with Crippen molar-refractivity contribution in [2.24, 2.45) is 0 Å². The molecule has 5 heterocycles. The molecule has 0 spiro atoms. The third-order valence-corrected chi connectivity index (χ3v) is 14.3. The predicted octanol–water partition coefficient (Wildman–Crippen LogP) is 14.8. The van der Waals surface area contributed by atoms with E-state index in [0.29, 0.717) is 0 Å². The van der Waals surface area contributed by atoms with E-state index < -0.39 is 0 Å². The lowest BCUT2D eigenvalue weighted by Gasteiger charge is -2.09. The van der Waals surface area contributed by atoms with Gasteiger partial charge in [-0.2, -0.15) is 0 Å². The number of nitrogens with zero attached hydrogens (tertiary/aromatic N) is 2. The minimum Gasteiger partial charge on any atom is -0.242 e. The SMILES string of the molecule is CCCCCCCCc1cc2sc(-c3nc4c(Br)ccc(Br)c4nc3-c3cc4sc(CCCCCCCC)cc4s3)cc2s1. The molecule has 0 aliphatic heterocycles. The first-order chi connectivity index (χ1) is 21.5. The van der Waals surface area contributed by atoms with Crippen molar-refractivity contribution < 1.29 is 0 Å². The van der Waals surface area contributed by atoms with Gasteiger partial charge in [-0.25, -0.2) is 9.97 Å². The molecule has 44 heavy (non-hydrogen) atoms. The number of aryl methyl sites for hydroxylation is 2. The van der Waals surface area contributed by atoms with E-state index in [4.69, 9.17) is 9.97 Å². The van der Waals surface area contributed by atoms with Crippen LogP contribution in [0.25, 0.3) is 51.0 Å². The molecule has 0 amide bonds. The van der Waals surface area contributed by atoms with Crippen molar-refractivity contribution in [3.8, 4) is 21.1 Å². The minimum absolute atomic E-state index is 0.901. The van der Waals surface area contributed by atoms with Gasteiger partial charge in [-0.3, -0.25) is 0 Å². The number of hydrogen-bond acceptors (Lipinski definition) is 6. The maximum Gasteiger partial charge on any atom is 0.108 e. The lowest BCUT2D eigenvalue weighted by atomic mass is 10.1. The number of benzene rings is 1. The number of rotatable bonds is 16. The van der Waals surface area contributed by atoms with Gasteiger partial charge in [0.05, 0.1) is 9.75 Å². The number of thiophene rings is 4. The summed E-state index contributed by atoms with van der Waals surface area (Å²) in [5, 5.41) is 0. The van der Waals surface area contributed by atoms with Crippen molar-refractivity contribution >= 4 is 107 Å². The van der Waals surface area contributed by atoms with Crippen LogP contribution in [0.2, 0.25) is 0 Å². The van der Waals surface area contributed by atoms with Crippen LogP contribution in [0.3, 0.4) is 0 Å². The number of halogens is 2. The Morgan fingerprint density at radius 2 is 0.886 bits per heavy atom. The van der Waals surface area contributed by atoms with Gasteiger partial charge < -0.3 is 0 Å². The van der Waals surface area contributed by atoms with E-state index in [2.05, 4.69) is 82.1 Å². The molecule has 0 aliphatic rings. The fourth-order valence-corrected chi connectivity index (χ4v) is 11.6. The van der Waals surface area contributed by atoms with Crippen molar-refractivity contribution in [3.63, 3.8) is 0 Å². The van der Waals surface area contributed by atoms with Gasteiger partial charge in [0.15, 0.2) is 0 Å². The highest BCUT2D eigenvalue weighted by Crippen LogP contribution is 2.45. The Hall–Kier alpha value is -1.16. The molecule has 0 N–H and O–H groups in total. The number of unbranched alkanes of at least 4 members (excludes halogenated alkanes) is 10. The van der Waals surface area contributed by atoms with Crippen molar-refractivity contribution in [1.29, 1.82) is 0 Å². The Morgan fingerprint density at radius 3 is 1.30 bits per heavy atom. The number of aromatic nitrogens is 2. The van der Waals surface area contributed by atoms with Crippen molar-refractivity contribution in [1.82, 2.24) is 9.97 Å². The highest BCUT2D eigenvalue weighted by molar-refractivity contribution is 9.11. The van der Waals surface area contributed by atoms with Crippen LogP contribution >= 0.6 is 77.2 Å². The zero-order valence-electron chi connectivity index (χ0n) is 25.6. The Bertz CT molecular complexity index is 1650. The maximum atomic E-state index is 5.29. The Kier molecular flexibility index (Phi) is 11.6. The second kappa shape index (κ2) is 15.6. The van der Waals surface area contributed by atoms with Gasteiger partial charge in [0.2, 0.25) is 0 Å². The van der Waals surface area contributed by atoms with Crippen LogP contribution < -0.4 is 0 Å². The summed E-state index contributed by atoms with van der Waals surface area (Å²) in [4.78, 5) is 16.0. The first-order valence-corrected chi connectivity index (χ1v) is 21.1. The summed E-state index contributed by atoms with van der Waals surface area (Å²) in [7, 11) is 0. The Balaban J connectivity index is 1.27. The van der Waals surface area contributed by atoms with Gasteiger partial charge in [0.1, 0.15) is 22.4 Å². The van der Waals surface area contributed by atoms with Crippen molar-refractivity contribution in [3.05, 3.63) is 55.1 Å². The van der Waals surface area contributed by atoms with Gasteiger partial charge in [-0.15, -0.1) is 45.3 Å². The summed E-state index contributed by atoms with van der Waals surface area (Å²) in [5.41, 5.74) is 3.78. The molecule has 1 aromatic carbocycles. The van der Waals surface area contributed by atoms with E-state index in [9.17, 15) is 0 Å². The van der Waals surface area contributed by atoms with Gasteiger partial charge in [0, 0.05) is 37.5 Å². The Labute approximate surface area is 294 Å². The van der Waals surface area contributed by atoms with E-state index in [1.807, 2.05) is 45.3 Å². The molecule has 0 saturated heterocycles. The topological polar surface area (TPSA) is 25.8 Å². The largest absolute Gasteiger partial charge is 0.242 e. The van der Waals surface area contributed by atoms with Gasteiger partial charge in [-0.1, -0.05) is 78.1 Å². The Morgan fingerprint density at radius 1 is 0.500 bits per heavy atom. The van der Waals surface area contributed by atoms with Gasteiger partial charge in [0.25, 0.3) is 0 Å². The highest BCUT2D eigenvalue weighted by atomic mass is 79.9. The molecule has 2 nitrogen and oxygen atoms in total. The summed E-state index contributed by atoms with van der Waals surface area (Å²) >= 11 is 15.2. The van der Waals surface area contributed by atoms with E-state index in [0.717, 1.165) is 31.4 Å². The maximum absolute atomic E-state index is 5.29. The average Bonchev–Trinajstić information content (AvgIpc) is 3.78. The third-order valence-electron chi connectivity index (χ3n) is 8.26. The first-order valence-electron chi connectivity index (χ1n) is 16.2. The zero-order chi connectivity index (χ0) is 30.5. The minimum atomic E-state index is 0.901. The van der Waals surface area contributed by atoms with Crippen LogP contribution in [0.1, 0.15) is 101 Å². The molecular formula is C36H40Br2N2S4. The van der Waals surface area contributed by atoms with Crippen LogP contribution in [-0.2, 0) is 12.8 Å². The van der Waals surface area contributed by atoms with Gasteiger partial charge in [-0.05, 0) is 93.9 Å². The highest BCUT2D eigenvalue weighted by Gasteiger charge is 2.21. The molecule has 0 fully saturated rings. The van der Waals surface area contributed by atoms with Crippen molar-refractivity contribution in [2.75, 3.05) is 0 Å². The quantitative estimate of drug-likeness (QED) is 0.0913. The normalized spacial score (nSPS) is 12.0. The number of hydrogen-bond donors (Lipinski definition) is 0. The smallest absolute Gasteiger partial charge is 0.108 e. The fraction of sp³-hybridized carbons (Fsp3) is 0.444. The van der Waals surface area contributed by atoms with Crippen LogP contribution in [0, 0.1) is 0 Å². The van der Waals surface area contributed by atoms with E-state index in [1.165, 1.54) is 128 Å².